The van der Waals surface area contributed by atoms with Crippen molar-refractivity contribution in [3.8, 4) is 0 Å². The summed E-state index contributed by atoms with van der Waals surface area (Å²) in [5.74, 6) is 0.259. The molecule has 10 heavy (non-hydrogen) atoms. The van der Waals surface area contributed by atoms with E-state index in [0.29, 0.717) is 18.7 Å². The van der Waals surface area contributed by atoms with Gasteiger partial charge in [0.05, 0.1) is 5.75 Å². The first-order valence-electron chi connectivity index (χ1n) is 2.57. The standard InChI is InChI=1S/C4H9ClO3S.FH/c5-3-1-2-4-9(6,7)8;/h1-4H2,(H,6,7,8);1H. The van der Waals surface area contributed by atoms with Crippen molar-refractivity contribution >= 4 is 21.7 Å². The smallest absolute Gasteiger partial charge is 0.264 e. The van der Waals surface area contributed by atoms with Crippen molar-refractivity contribution in [3.05, 3.63) is 0 Å². The maximum atomic E-state index is 10.0. The van der Waals surface area contributed by atoms with Crippen LogP contribution in [0.2, 0.25) is 0 Å². The summed E-state index contributed by atoms with van der Waals surface area (Å²) < 4.78 is 28.2. The minimum absolute atomic E-state index is 0. The second-order valence-electron chi connectivity index (χ2n) is 1.68. The van der Waals surface area contributed by atoms with Crippen molar-refractivity contribution < 1.29 is 17.7 Å². The summed E-state index contributed by atoms with van der Waals surface area (Å²) in [6.07, 6.45) is 1.06. The van der Waals surface area contributed by atoms with Crippen LogP contribution in [-0.4, -0.2) is 24.6 Å². The lowest BCUT2D eigenvalue weighted by atomic mass is 10.4. The van der Waals surface area contributed by atoms with Crippen LogP contribution in [0.3, 0.4) is 0 Å². The lowest BCUT2D eigenvalue weighted by Crippen LogP contribution is -2.03. The Morgan fingerprint density at radius 1 is 1.30 bits per heavy atom. The number of alkyl halides is 1. The molecule has 0 aromatic carbocycles. The van der Waals surface area contributed by atoms with E-state index >= 15 is 0 Å². The summed E-state index contributed by atoms with van der Waals surface area (Å²) in [7, 11) is -3.76. The second kappa shape index (κ2) is 5.88. The van der Waals surface area contributed by atoms with Crippen molar-refractivity contribution in [2.24, 2.45) is 0 Å². The Morgan fingerprint density at radius 3 is 2.10 bits per heavy atom. The molecule has 0 unspecified atom stereocenters. The van der Waals surface area contributed by atoms with Crippen molar-refractivity contribution in [1.82, 2.24) is 0 Å². The minimum Gasteiger partial charge on any atom is -0.286 e. The van der Waals surface area contributed by atoms with Gasteiger partial charge in [-0.05, 0) is 12.8 Å². The molecule has 0 aliphatic rings. The summed E-state index contributed by atoms with van der Waals surface area (Å²) in [6.45, 7) is 0. The molecule has 0 heterocycles. The van der Waals surface area contributed by atoms with Crippen LogP contribution in [0, 0.1) is 0 Å². The highest BCUT2D eigenvalue weighted by Gasteiger charge is 2.01. The molecule has 0 aromatic heterocycles. The Bertz CT molecular complexity index is 156. The van der Waals surface area contributed by atoms with E-state index in [1.54, 1.807) is 0 Å². The molecule has 3 nitrogen and oxygen atoms in total. The first-order chi connectivity index (χ1) is 4.06. The Labute approximate surface area is 64.5 Å². The maximum absolute atomic E-state index is 10.0. The summed E-state index contributed by atoms with van der Waals surface area (Å²) in [5.41, 5.74) is 0. The van der Waals surface area contributed by atoms with Crippen LogP contribution in [0.15, 0.2) is 0 Å². The Balaban J connectivity index is 0. The van der Waals surface area contributed by atoms with Crippen LogP contribution >= 0.6 is 11.6 Å². The van der Waals surface area contributed by atoms with Crippen molar-refractivity contribution in [2.45, 2.75) is 12.8 Å². The summed E-state index contributed by atoms with van der Waals surface area (Å²) in [5, 5.41) is 0. The van der Waals surface area contributed by atoms with Crippen LogP contribution in [0.4, 0.5) is 4.70 Å². The van der Waals surface area contributed by atoms with Crippen LogP contribution in [0.5, 0.6) is 0 Å². The van der Waals surface area contributed by atoms with Gasteiger partial charge in [0, 0.05) is 5.88 Å². The van der Waals surface area contributed by atoms with Gasteiger partial charge in [-0.3, -0.25) is 9.26 Å². The molecule has 0 spiro atoms. The molecule has 0 bridgehead atoms. The summed E-state index contributed by atoms with van der Waals surface area (Å²) in [6, 6.07) is 0. The molecule has 0 radical (unpaired) electrons. The molecule has 0 amide bonds. The maximum Gasteiger partial charge on any atom is 0.264 e. The third-order valence-electron chi connectivity index (χ3n) is 0.786. The molecule has 0 saturated heterocycles. The molecule has 0 rings (SSSR count). The third kappa shape index (κ3) is 11.0. The highest BCUT2D eigenvalue weighted by atomic mass is 35.5. The fraction of sp³-hybridized carbons (Fsp3) is 1.00. The lowest BCUT2D eigenvalue weighted by Gasteiger charge is -1.92. The zero-order valence-electron chi connectivity index (χ0n) is 5.29. The minimum atomic E-state index is -3.76. The Kier molecular flexibility index (Phi) is 7.51. The molecular weight excluding hydrogens is 183 g/mol. The van der Waals surface area contributed by atoms with E-state index in [2.05, 4.69) is 0 Å². The van der Waals surface area contributed by atoms with Gasteiger partial charge in [0.2, 0.25) is 0 Å². The number of unbranched alkanes of at least 4 members (excludes halogenated alkanes) is 1. The number of hydrogen-bond acceptors (Lipinski definition) is 2. The first-order valence-corrected chi connectivity index (χ1v) is 4.72. The molecule has 0 atom stereocenters. The van der Waals surface area contributed by atoms with Crippen LogP contribution in [0.25, 0.3) is 0 Å². The fourth-order valence-electron chi connectivity index (χ4n) is 0.379. The molecule has 0 aliphatic carbocycles. The van der Waals surface area contributed by atoms with Gasteiger partial charge in [-0.2, -0.15) is 8.42 Å². The van der Waals surface area contributed by atoms with Gasteiger partial charge in [-0.15, -0.1) is 11.6 Å². The summed E-state index contributed by atoms with van der Waals surface area (Å²) in [4.78, 5) is 0. The van der Waals surface area contributed by atoms with Gasteiger partial charge in [0.15, 0.2) is 0 Å². The molecule has 0 fully saturated rings. The molecule has 64 valence electrons. The topological polar surface area (TPSA) is 54.4 Å². The first kappa shape index (κ1) is 12.8. The highest BCUT2D eigenvalue weighted by Crippen LogP contribution is 1.94. The molecule has 0 saturated carbocycles. The lowest BCUT2D eigenvalue weighted by molar-refractivity contribution is 0.481. The van der Waals surface area contributed by atoms with Gasteiger partial charge >= 0.3 is 0 Å². The zero-order valence-corrected chi connectivity index (χ0v) is 6.86. The van der Waals surface area contributed by atoms with E-state index in [1.165, 1.54) is 0 Å². The molecule has 0 aromatic rings. The van der Waals surface area contributed by atoms with Gasteiger partial charge in [0.25, 0.3) is 10.1 Å². The molecule has 1 N–H and O–H groups in total. The third-order valence-corrected chi connectivity index (χ3v) is 1.86. The van der Waals surface area contributed by atoms with E-state index in [1.807, 2.05) is 0 Å². The fourth-order valence-corrected chi connectivity index (χ4v) is 1.14. The molecule has 6 heteroatoms. The Morgan fingerprint density at radius 2 is 1.80 bits per heavy atom. The van der Waals surface area contributed by atoms with E-state index in [9.17, 15) is 8.42 Å². The monoisotopic (exact) mass is 192 g/mol. The number of hydrogen-bond donors (Lipinski definition) is 1. The second-order valence-corrected chi connectivity index (χ2v) is 3.63. The van der Waals surface area contributed by atoms with E-state index in [4.69, 9.17) is 16.2 Å². The van der Waals surface area contributed by atoms with E-state index < -0.39 is 10.1 Å². The Hall–Kier alpha value is 0.130. The van der Waals surface area contributed by atoms with Crippen LogP contribution in [-0.2, 0) is 10.1 Å². The number of halogens is 2. The largest absolute Gasteiger partial charge is 0.286 e. The van der Waals surface area contributed by atoms with Crippen molar-refractivity contribution in [2.75, 3.05) is 11.6 Å². The predicted octanol–water partition coefficient (Wildman–Crippen LogP) is 1.05. The van der Waals surface area contributed by atoms with Crippen LogP contribution < -0.4 is 0 Å². The van der Waals surface area contributed by atoms with E-state index in [0.717, 1.165) is 0 Å². The van der Waals surface area contributed by atoms with E-state index in [-0.39, 0.29) is 10.5 Å². The number of rotatable bonds is 4. The highest BCUT2D eigenvalue weighted by molar-refractivity contribution is 7.85. The van der Waals surface area contributed by atoms with Crippen molar-refractivity contribution in [1.29, 1.82) is 0 Å². The van der Waals surface area contributed by atoms with Crippen molar-refractivity contribution in [3.63, 3.8) is 0 Å². The van der Waals surface area contributed by atoms with Gasteiger partial charge in [-0.25, -0.2) is 0 Å². The SMILES string of the molecule is F.O=S(=O)(O)CCCCCl. The average molecular weight is 193 g/mol. The van der Waals surface area contributed by atoms with Gasteiger partial charge in [-0.1, -0.05) is 0 Å². The average Bonchev–Trinajstić information content (AvgIpc) is 1.63. The quantitative estimate of drug-likeness (QED) is 0.412. The zero-order chi connectivity index (χ0) is 7.33. The van der Waals surface area contributed by atoms with Crippen LogP contribution in [0.1, 0.15) is 12.8 Å². The molecular formula is C4H10ClFO3S. The van der Waals surface area contributed by atoms with Gasteiger partial charge < -0.3 is 0 Å². The normalized spacial score (nSPS) is 10.6. The predicted molar refractivity (Wildman–Crippen MR) is 38.9 cm³/mol. The molecule has 0 aliphatic heterocycles. The summed E-state index contributed by atoms with van der Waals surface area (Å²) >= 11 is 5.25. The van der Waals surface area contributed by atoms with Gasteiger partial charge in [0.1, 0.15) is 0 Å².